The number of aliphatic hydroxyl groups is 2. The van der Waals surface area contributed by atoms with Crippen molar-refractivity contribution in [3.63, 3.8) is 0 Å². The molecule has 0 rings (SSSR count). The molecule has 0 heterocycles. The third-order valence-corrected chi connectivity index (χ3v) is 2.26. The normalized spacial score (nSPS) is 18.8. The molecule has 0 aromatic heterocycles. The van der Waals surface area contributed by atoms with Gasteiger partial charge in [0, 0.05) is 5.92 Å². The van der Waals surface area contributed by atoms with E-state index in [-0.39, 0.29) is 5.92 Å². The first-order chi connectivity index (χ1) is 6.13. The van der Waals surface area contributed by atoms with Crippen LogP contribution in [0.5, 0.6) is 0 Å². The second-order valence-corrected chi connectivity index (χ2v) is 3.56. The van der Waals surface area contributed by atoms with Crippen molar-refractivity contribution in [2.24, 2.45) is 5.92 Å². The Morgan fingerprint density at radius 2 is 1.92 bits per heavy atom. The van der Waals surface area contributed by atoms with Crippen LogP contribution in [0.25, 0.3) is 0 Å². The summed E-state index contributed by atoms with van der Waals surface area (Å²) in [7, 11) is 0. The highest BCUT2D eigenvalue weighted by molar-refractivity contribution is 4.91. The predicted octanol–water partition coefficient (Wildman–Crippen LogP) is 2.11. The number of unbranched alkanes of at least 4 members (excludes halogenated alkanes) is 1. The molecule has 2 nitrogen and oxygen atoms in total. The summed E-state index contributed by atoms with van der Waals surface area (Å²) in [5.41, 5.74) is 0. The summed E-state index contributed by atoms with van der Waals surface area (Å²) in [6.45, 7) is 5.70. The molecule has 0 aromatic rings. The summed E-state index contributed by atoms with van der Waals surface area (Å²) in [6.07, 6.45) is 5.83. The Hall–Kier alpha value is -0.340. The topological polar surface area (TPSA) is 40.5 Å². The molecule has 0 saturated heterocycles. The van der Waals surface area contributed by atoms with Crippen molar-refractivity contribution >= 4 is 0 Å². The van der Waals surface area contributed by atoms with Gasteiger partial charge in [0.2, 0.25) is 0 Å². The molecule has 78 valence electrons. The van der Waals surface area contributed by atoms with Crippen LogP contribution < -0.4 is 0 Å². The highest BCUT2D eigenvalue weighted by Crippen LogP contribution is 2.17. The molecule has 0 saturated carbocycles. The zero-order valence-electron chi connectivity index (χ0n) is 8.90. The van der Waals surface area contributed by atoms with Gasteiger partial charge in [-0.1, -0.05) is 31.9 Å². The van der Waals surface area contributed by atoms with Crippen molar-refractivity contribution in [1.82, 2.24) is 0 Å². The predicted molar refractivity (Wildman–Crippen MR) is 55.5 cm³/mol. The Kier molecular flexibility index (Phi) is 6.92. The monoisotopic (exact) mass is 186 g/mol. The molecule has 0 aromatic carbocycles. The van der Waals surface area contributed by atoms with Crippen LogP contribution in [0.3, 0.4) is 0 Å². The molecule has 2 heteroatoms. The summed E-state index contributed by atoms with van der Waals surface area (Å²) in [5, 5.41) is 18.9. The van der Waals surface area contributed by atoms with Crippen molar-refractivity contribution in [3.8, 4) is 0 Å². The van der Waals surface area contributed by atoms with Crippen molar-refractivity contribution < 1.29 is 10.2 Å². The van der Waals surface area contributed by atoms with Crippen LogP contribution in [0.1, 0.15) is 40.0 Å². The van der Waals surface area contributed by atoms with Gasteiger partial charge in [-0.05, 0) is 20.3 Å². The van der Waals surface area contributed by atoms with E-state index >= 15 is 0 Å². The summed E-state index contributed by atoms with van der Waals surface area (Å²) in [5.74, 6) is 0.102. The summed E-state index contributed by atoms with van der Waals surface area (Å²) < 4.78 is 0. The zero-order valence-corrected chi connectivity index (χ0v) is 8.90. The van der Waals surface area contributed by atoms with Gasteiger partial charge in [0.25, 0.3) is 0 Å². The van der Waals surface area contributed by atoms with Crippen LogP contribution in [0.4, 0.5) is 0 Å². The van der Waals surface area contributed by atoms with Crippen molar-refractivity contribution in [1.29, 1.82) is 0 Å². The van der Waals surface area contributed by atoms with E-state index in [1.54, 1.807) is 6.92 Å². The van der Waals surface area contributed by atoms with E-state index in [2.05, 4.69) is 6.92 Å². The van der Waals surface area contributed by atoms with Gasteiger partial charge in [-0.3, -0.25) is 0 Å². The lowest BCUT2D eigenvalue weighted by Crippen LogP contribution is -2.30. The van der Waals surface area contributed by atoms with Gasteiger partial charge in [0.05, 0.1) is 12.2 Å². The summed E-state index contributed by atoms with van der Waals surface area (Å²) in [4.78, 5) is 0. The fourth-order valence-corrected chi connectivity index (χ4v) is 1.43. The molecule has 0 aliphatic rings. The highest BCUT2D eigenvalue weighted by Gasteiger charge is 2.19. The lowest BCUT2D eigenvalue weighted by molar-refractivity contribution is 0.00295. The lowest BCUT2D eigenvalue weighted by atomic mass is 9.92. The fraction of sp³-hybridized carbons (Fsp3) is 0.818. The fourth-order valence-electron chi connectivity index (χ4n) is 1.43. The first-order valence-corrected chi connectivity index (χ1v) is 5.12. The van der Waals surface area contributed by atoms with Gasteiger partial charge >= 0.3 is 0 Å². The van der Waals surface area contributed by atoms with Crippen LogP contribution in [-0.4, -0.2) is 22.4 Å². The number of aliphatic hydroxyl groups excluding tert-OH is 2. The standard InChI is InChI=1S/C11H22O2/c1-4-6-8-10(7-5-2)11(13)9(3)12/h5,7,9-13H,4,6,8H2,1-3H3/b7-5+. The minimum atomic E-state index is -0.641. The van der Waals surface area contributed by atoms with Gasteiger partial charge in [-0.15, -0.1) is 0 Å². The van der Waals surface area contributed by atoms with E-state index in [1.807, 2.05) is 19.1 Å². The molecule has 0 bridgehead atoms. The van der Waals surface area contributed by atoms with Crippen LogP contribution >= 0.6 is 0 Å². The SMILES string of the molecule is C/C=C/C(CCCC)C(O)C(C)O. The molecular formula is C11H22O2. The van der Waals surface area contributed by atoms with E-state index in [1.165, 1.54) is 0 Å². The van der Waals surface area contributed by atoms with Crippen LogP contribution in [-0.2, 0) is 0 Å². The first-order valence-electron chi connectivity index (χ1n) is 5.12. The third-order valence-electron chi connectivity index (χ3n) is 2.26. The maximum Gasteiger partial charge on any atom is 0.0858 e. The Labute approximate surface area is 81.3 Å². The first kappa shape index (κ1) is 12.7. The third kappa shape index (κ3) is 5.06. The Morgan fingerprint density at radius 1 is 1.31 bits per heavy atom. The number of hydrogen-bond acceptors (Lipinski definition) is 2. The Bertz CT molecular complexity index is 141. The average Bonchev–Trinajstić information content (AvgIpc) is 2.11. The summed E-state index contributed by atoms with van der Waals surface area (Å²) >= 11 is 0. The molecule has 0 fully saturated rings. The number of allylic oxidation sites excluding steroid dienone is 1. The zero-order chi connectivity index (χ0) is 10.3. The smallest absolute Gasteiger partial charge is 0.0858 e. The maximum atomic E-state index is 9.64. The second-order valence-electron chi connectivity index (χ2n) is 3.56. The molecule has 13 heavy (non-hydrogen) atoms. The van der Waals surface area contributed by atoms with Crippen molar-refractivity contribution in [2.75, 3.05) is 0 Å². The Balaban J connectivity index is 4.06. The van der Waals surface area contributed by atoms with E-state index in [4.69, 9.17) is 0 Å². The van der Waals surface area contributed by atoms with E-state index in [0.29, 0.717) is 0 Å². The largest absolute Gasteiger partial charge is 0.391 e. The van der Waals surface area contributed by atoms with Gasteiger partial charge in [-0.2, -0.15) is 0 Å². The second kappa shape index (κ2) is 7.10. The molecule has 0 amide bonds. The molecule has 2 N–H and O–H groups in total. The van der Waals surface area contributed by atoms with E-state index in [0.717, 1.165) is 19.3 Å². The minimum Gasteiger partial charge on any atom is -0.391 e. The van der Waals surface area contributed by atoms with Gasteiger partial charge in [0.15, 0.2) is 0 Å². The number of rotatable bonds is 6. The Morgan fingerprint density at radius 3 is 2.31 bits per heavy atom. The van der Waals surface area contributed by atoms with Crippen molar-refractivity contribution in [2.45, 2.75) is 52.2 Å². The van der Waals surface area contributed by atoms with E-state index in [9.17, 15) is 10.2 Å². The highest BCUT2D eigenvalue weighted by atomic mass is 16.3. The molecule has 0 spiro atoms. The van der Waals surface area contributed by atoms with Gasteiger partial charge < -0.3 is 10.2 Å². The van der Waals surface area contributed by atoms with Crippen molar-refractivity contribution in [3.05, 3.63) is 12.2 Å². The van der Waals surface area contributed by atoms with Crippen LogP contribution in [0.15, 0.2) is 12.2 Å². The lowest BCUT2D eigenvalue weighted by Gasteiger charge is -2.21. The van der Waals surface area contributed by atoms with Crippen LogP contribution in [0, 0.1) is 5.92 Å². The van der Waals surface area contributed by atoms with Gasteiger partial charge in [-0.25, -0.2) is 0 Å². The molecule has 0 radical (unpaired) electrons. The number of hydrogen-bond donors (Lipinski definition) is 2. The van der Waals surface area contributed by atoms with Crippen LogP contribution in [0.2, 0.25) is 0 Å². The minimum absolute atomic E-state index is 0.102. The molecule has 3 atom stereocenters. The average molecular weight is 186 g/mol. The van der Waals surface area contributed by atoms with Gasteiger partial charge in [0.1, 0.15) is 0 Å². The van der Waals surface area contributed by atoms with E-state index < -0.39 is 12.2 Å². The molecule has 0 aliphatic heterocycles. The summed E-state index contributed by atoms with van der Waals surface area (Å²) in [6, 6.07) is 0. The molecular weight excluding hydrogens is 164 g/mol. The molecule has 0 aliphatic carbocycles. The maximum absolute atomic E-state index is 9.64. The molecule has 3 unspecified atom stereocenters. The quantitative estimate of drug-likeness (QED) is 0.624.